The van der Waals surface area contributed by atoms with Gasteiger partial charge in [-0.25, -0.2) is 15.0 Å². The number of anilines is 1. The third kappa shape index (κ3) is 4.42. The summed E-state index contributed by atoms with van der Waals surface area (Å²) in [7, 11) is 0. The molecule has 1 amide bonds. The molecule has 3 heterocycles. The minimum Gasteiger partial charge on any atom is -0.387 e. The molecule has 1 saturated carbocycles. The number of aryl methyl sites for hydroxylation is 1. The molecule has 2 aliphatic rings. The van der Waals surface area contributed by atoms with Crippen LogP contribution in [0.3, 0.4) is 0 Å². The van der Waals surface area contributed by atoms with Crippen LogP contribution in [0.1, 0.15) is 57.5 Å². The zero-order valence-corrected chi connectivity index (χ0v) is 18.2. The minimum absolute atomic E-state index is 0.235. The first-order valence-corrected chi connectivity index (χ1v) is 11.4. The van der Waals surface area contributed by atoms with Crippen molar-refractivity contribution in [3.63, 3.8) is 0 Å². The molecule has 2 aromatic rings. The Kier molecular flexibility index (Phi) is 6.89. The van der Waals surface area contributed by atoms with Crippen LogP contribution in [0.2, 0.25) is 0 Å². The molecule has 176 valence electrons. The second kappa shape index (κ2) is 9.65. The molecule has 1 aliphatic carbocycles. The van der Waals surface area contributed by atoms with Gasteiger partial charge < -0.3 is 31.1 Å². The Balaban J connectivity index is 1.55. The second-order valence-corrected chi connectivity index (χ2v) is 8.70. The van der Waals surface area contributed by atoms with Crippen LogP contribution < -0.4 is 11.1 Å². The zero-order chi connectivity index (χ0) is 22.8. The quantitative estimate of drug-likeness (QED) is 0.392. The lowest BCUT2D eigenvalue weighted by atomic mass is 9.86. The number of nitrogens with one attached hydrogen (secondary N) is 1. The molecule has 1 saturated heterocycles. The third-order valence-electron chi connectivity index (χ3n) is 6.48. The molecule has 11 nitrogen and oxygen atoms in total. The number of nitrogen functional groups attached to an aromatic ring is 1. The van der Waals surface area contributed by atoms with Gasteiger partial charge in [0.2, 0.25) is 0 Å². The molecule has 5 atom stereocenters. The predicted octanol–water partition coefficient (Wildman–Crippen LogP) is 0.0376. The number of carbonyl (C=O) groups excluding carboxylic acids is 1. The summed E-state index contributed by atoms with van der Waals surface area (Å²) in [6.45, 7) is 2.03. The summed E-state index contributed by atoms with van der Waals surface area (Å²) in [6, 6.07) is 0. The fraction of sp³-hybridized carbons (Fsp3) is 0.714. The smallest absolute Gasteiger partial charge is 0.251 e. The number of fused-ring (bicyclic) bond motifs is 1. The summed E-state index contributed by atoms with van der Waals surface area (Å²) >= 11 is 0. The molecule has 2 fully saturated rings. The number of ether oxygens (including phenoxy) is 1. The molecular weight excluding hydrogens is 416 g/mol. The highest BCUT2D eigenvalue weighted by molar-refractivity contribution is 5.82. The van der Waals surface area contributed by atoms with Crippen molar-refractivity contribution in [2.24, 2.45) is 5.92 Å². The van der Waals surface area contributed by atoms with E-state index in [1.54, 1.807) is 6.92 Å². The number of hydrogen-bond donors (Lipinski definition) is 5. The van der Waals surface area contributed by atoms with Gasteiger partial charge in [0.1, 0.15) is 29.7 Å². The number of aromatic nitrogens is 4. The normalized spacial score (nSPS) is 27.6. The Bertz CT molecular complexity index is 946. The van der Waals surface area contributed by atoms with E-state index >= 15 is 0 Å². The predicted molar refractivity (Wildman–Crippen MR) is 115 cm³/mol. The van der Waals surface area contributed by atoms with E-state index in [9.17, 15) is 20.1 Å². The average molecular weight is 449 g/mol. The number of likely N-dealkylation sites (N-methyl/N-ethyl adjacent to an activating group) is 1. The maximum absolute atomic E-state index is 12.0. The number of rotatable bonds is 7. The van der Waals surface area contributed by atoms with Crippen molar-refractivity contribution in [2.45, 2.75) is 82.5 Å². The maximum atomic E-state index is 12.0. The van der Waals surface area contributed by atoms with Gasteiger partial charge in [-0.05, 0) is 19.3 Å². The molecule has 1 aliphatic heterocycles. The van der Waals surface area contributed by atoms with Crippen LogP contribution >= 0.6 is 0 Å². The van der Waals surface area contributed by atoms with Crippen LogP contribution in [-0.2, 0) is 16.0 Å². The van der Waals surface area contributed by atoms with Crippen LogP contribution in [0.25, 0.3) is 11.2 Å². The number of hydrogen-bond acceptors (Lipinski definition) is 9. The fourth-order valence-corrected chi connectivity index (χ4v) is 4.70. The van der Waals surface area contributed by atoms with Crippen LogP contribution in [0.5, 0.6) is 0 Å². The standard InChI is InChI=1S/C21H32N6O5/c1-2-23-20(31)16(30)17-14(28)15(29)21(32-17)27-10-24-13-18(22)25-12(26-19(13)27)9-8-11-6-4-3-5-7-11/h10-11,14-17,21,28-30H,2-9H2,1H3,(H,23,31)(H2,22,25,26)/t14-,15+,16?,17-,21+/m0/s1. The highest BCUT2D eigenvalue weighted by Crippen LogP contribution is 2.34. The molecule has 0 radical (unpaired) electrons. The number of aliphatic hydroxyl groups is 3. The van der Waals surface area contributed by atoms with Crippen molar-refractivity contribution < 1.29 is 24.9 Å². The van der Waals surface area contributed by atoms with Gasteiger partial charge in [0, 0.05) is 13.0 Å². The van der Waals surface area contributed by atoms with E-state index in [0.29, 0.717) is 35.9 Å². The summed E-state index contributed by atoms with van der Waals surface area (Å²) in [4.78, 5) is 25.2. The number of nitrogens with two attached hydrogens (primary N) is 1. The molecule has 0 aromatic carbocycles. The highest BCUT2D eigenvalue weighted by Gasteiger charge is 2.49. The van der Waals surface area contributed by atoms with Crippen molar-refractivity contribution in [1.29, 1.82) is 0 Å². The molecule has 4 rings (SSSR count). The molecule has 32 heavy (non-hydrogen) atoms. The molecule has 0 spiro atoms. The first-order chi connectivity index (χ1) is 15.4. The number of carbonyl (C=O) groups is 1. The lowest BCUT2D eigenvalue weighted by molar-refractivity contribution is -0.143. The van der Waals surface area contributed by atoms with E-state index in [4.69, 9.17) is 10.5 Å². The zero-order valence-electron chi connectivity index (χ0n) is 18.2. The van der Waals surface area contributed by atoms with Crippen LogP contribution in [0.15, 0.2) is 6.33 Å². The number of aliphatic hydroxyl groups excluding tert-OH is 3. The Morgan fingerprint density at radius 1 is 1.28 bits per heavy atom. The van der Waals surface area contributed by atoms with Crippen molar-refractivity contribution in [1.82, 2.24) is 24.8 Å². The van der Waals surface area contributed by atoms with Crippen molar-refractivity contribution in [3.8, 4) is 0 Å². The SMILES string of the molecule is CCNC(=O)C(O)[C@H]1O[C@@H](n2cnc3c(N)nc(CCC4CCCCC4)nc32)[C@H](O)[C@@H]1O. The Morgan fingerprint density at radius 3 is 2.75 bits per heavy atom. The molecule has 6 N–H and O–H groups in total. The van der Waals surface area contributed by atoms with E-state index in [0.717, 1.165) is 6.42 Å². The van der Waals surface area contributed by atoms with E-state index in [1.807, 2.05) is 0 Å². The van der Waals surface area contributed by atoms with Gasteiger partial charge in [0.05, 0.1) is 6.33 Å². The molecular formula is C21H32N6O5. The molecule has 0 bridgehead atoms. The molecule has 1 unspecified atom stereocenters. The van der Waals surface area contributed by atoms with Crippen LogP contribution in [0, 0.1) is 5.92 Å². The summed E-state index contributed by atoms with van der Waals surface area (Å²) in [5, 5.41) is 33.8. The number of nitrogens with zero attached hydrogens (tertiary/aromatic N) is 4. The van der Waals surface area contributed by atoms with E-state index < -0.39 is 36.6 Å². The van der Waals surface area contributed by atoms with E-state index in [1.165, 1.54) is 43.0 Å². The van der Waals surface area contributed by atoms with Crippen LogP contribution in [0.4, 0.5) is 5.82 Å². The summed E-state index contributed by atoms with van der Waals surface area (Å²) in [5.41, 5.74) is 6.86. The third-order valence-corrected chi connectivity index (χ3v) is 6.48. The van der Waals surface area contributed by atoms with Crippen LogP contribution in [-0.4, -0.2) is 71.7 Å². The Morgan fingerprint density at radius 2 is 2.03 bits per heavy atom. The van der Waals surface area contributed by atoms with Gasteiger partial charge in [-0.1, -0.05) is 32.1 Å². The number of imidazole rings is 1. The Labute approximate surface area is 186 Å². The monoisotopic (exact) mass is 448 g/mol. The topological polar surface area (TPSA) is 169 Å². The van der Waals surface area contributed by atoms with Crippen molar-refractivity contribution in [2.75, 3.05) is 12.3 Å². The highest BCUT2D eigenvalue weighted by atomic mass is 16.6. The van der Waals surface area contributed by atoms with Gasteiger partial charge in [-0.2, -0.15) is 0 Å². The summed E-state index contributed by atoms with van der Waals surface area (Å²) in [6.07, 6.45) is 2.47. The van der Waals surface area contributed by atoms with Gasteiger partial charge in [-0.3, -0.25) is 9.36 Å². The van der Waals surface area contributed by atoms with Gasteiger partial charge in [-0.15, -0.1) is 0 Å². The first-order valence-electron chi connectivity index (χ1n) is 11.4. The average Bonchev–Trinajstić information content (AvgIpc) is 3.34. The summed E-state index contributed by atoms with van der Waals surface area (Å²) in [5.74, 6) is 0.811. The van der Waals surface area contributed by atoms with E-state index in [-0.39, 0.29) is 5.82 Å². The van der Waals surface area contributed by atoms with Gasteiger partial charge in [0.15, 0.2) is 23.8 Å². The Hall–Kier alpha value is -2.34. The molecule has 11 heteroatoms. The fourth-order valence-electron chi connectivity index (χ4n) is 4.70. The minimum atomic E-state index is -1.63. The van der Waals surface area contributed by atoms with E-state index in [2.05, 4.69) is 20.3 Å². The van der Waals surface area contributed by atoms with Crippen molar-refractivity contribution in [3.05, 3.63) is 12.2 Å². The van der Waals surface area contributed by atoms with Gasteiger partial charge >= 0.3 is 0 Å². The largest absolute Gasteiger partial charge is 0.387 e. The van der Waals surface area contributed by atoms with Gasteiger partial charge in [0.25, 0.3) is 5.91 Å². The second-order valence-electron chi connectivity index (χ2n) is 8.70. The first kappa shape index (κ1) is 22.8. The lowest BCUT2D eigenvalue weighted by Crippen LogP contribution is -2.47. The maximum Gasteiger partial charge on any atom is 0.251 e. The number of amides is 1. The van der Waals surface area contributed by atoms with Crippen molar-refractivity contribution >= 4 is 22.9 Å². The molecule has 2 aromatic heterocycles. The summed E-state index contributed by atoms with van der Waals surface area (Å²) < 4.78 is 7.18. The lowest BCUT2D eigenvalue weighted by Gasteiger charge is -2.21.